The van der Waals surface area contributed by atoms with Crippen LogP contribution in [0.15, 0.2) is 4.99 Å². The van der Waals surface area contributed by atoms with Gasteiger partial charge in [0.15, 0.2) is 5.96 Å². The lowest BCUT2D eigenvalue weighted by Crippen LogP contribution is -2.42. The number of nitrogens with zero attached hydrogens (tertiary/aromatic N) is 2. The molecule has 74 valence electrons. The average Bonchev–Trinajstić information content (AvgIpc) is 2.88. The smallest absolute Gasteiger partial charge is 0.191 e. The van der Waals surface area contributed by atoms with Crippen LogP contribution in [0.1, 0.15) is 39.0 Å². The molecule has 0 aromatic rings. The Morgan fingerprint density at radius 3 is 2.92 bits per heavy atom. The highest BCUT2D eigenvalue weighted by atomic mass is 15.4. The topological polar surface area (TPSA) is 41.6 Å². The molecule has 0 spiro atoms. The maximum Gasteiger partial charge on any atom is 0.191 e. The fourth-order valence-corrected chi connectivity index (χ4v) is 2.06. The quantitative estimate of drug-likeness (QED) is 0.711. The van der Waals surface area contributed by atoms with Crippen molar-refractivity contribution in [3.8, 4) is 0 Å². The Morgan fingerprint density at radius 2 is 2.31 bits per heavy atom. The predicted octanol–water partition coefficient (Wildman–Crippen LogP) is 1.34. The molecular formula is C10H19N3. The number of aliphatic imine (C=N–C) groups is 1. The van der Waals surface area contributed by atoms with Gasteiger partial charge in [-0.25, -0.2) is 0 Å². The van der Waals surface area contributed by atoms with Gasteiger partial charge in [0.05, 0.1) is 12.6 Å². The van der Waals surface area contributed by atoms with E-state index in [2.05, 4.69) is 16.8 Å². The van der Waals surface area contributed by atoms with Crippen molar-refractivity contribution in [1.82, 2.24) is 4.90 Å². The van der Waals surface area contributed by atoms with Crippen molar-refractivity contribution in [2.24, 2.45) is 10.7 Å². The van der Waals surface area contributed by atoms with Crippen LogP contribution in [-0.4, -0.2) is 29.5 Å². The van der Waals surface area contributed by atoms with E-state index in [1.807, 2.05) is 0 Å². The molecule has 3 nitrogen and oxygen atoms in total. The molecular weight excluding hydrogens is 162 g/mol. The normalized spacial score (nSPS) is 27.9. The molecule has 1 aliphatic carbocycles. The molecule has 0 bridgehead atoms. The van der Waals surface area contributed by atoms with Crippen LogP contribution in [0.25, 0.3) is 0 Å². The molecule has 1 fully saturated rings. The highest BCUT2D eigenvalue weighted by Crippen LogP contribution is 2.31. The van der Waals surface area contributed by atoms with E-state index in [0.29, 0.717) is 6.04 Å². The molecule has 0 aromatic carbocycles. The monoisotopic (exact) mass is 181 g/mol. The zero-order chi connectivity index (χ0) is 9.26. The summed E-state index contributed by atoms with van der Waals surface area (Å²) >= 11 is 0. The van der Waals surface area contributed by atoms with Gasteiger partial charge in [0.1, 0.15) is 0 Å². The summed E-state index contributed by atoms with van der Waals surface area (Å²) in [6, 6.07) is 1.35. The predicted molar refractivity (Wildman–Crippen MR) is 54.7 cm³/mol. The molecule has 1 saturated carbocycles. The Morgan fingerprint density at radius 1 is 1.54 bits per heavy atom. The van der Waals surface area contributed by atoms with Gasteiger partial charge in [-0.2, -0.15) is 0 Å². The fourth-order valence-electron chi connectivity index (χ4n) is 2.06. The summed E-state index contributed by atoms with van der Waals surface area (Å²) < 4.78 is 0. The molecule has 0 saturated heterocycles. The van der Waals surface area contributed by atoms with Gasteiger partial charge >= 0.3 is 0 Å². The summed E-state index contributed by atoms with van der Waals surface area (Å²) in [6.07, 6.45) is 6.47. The van der Waals surface area contributed by atoms with Crippen LogP contribution >= 0.6 is 0 Å². The van der Waals surface area contributed by atoms with Crippen molar-refractivity contribution >= 4 is 5.96 Å². The Bertz CT molecular complexity index is 208. The van der Waals surface area contributed by atoms with Gasteiger partial charge in [0.25, 0.3) is 0 Å². The number of rotatable bonds is 4. The van der Waals surface area contributed by atoms with Crippen molar-refractivity contribution in [1.29, 1.82) is 0 Å². The van der Waals surface area contributed by atoms with E-state index in [9.17, 15) is 0 Å². The minimum absolute atomic E-state index is 0.618. The van der Waals surface area contributed by atoms with E-state index in [1.165, 1.54) is 32.1 Å². The number of guanidine groups is 1. The van der Waals surface area contributed by atoms with Gasteiger partial charge in [-0.05, 0) is 19.3 Å². The summed E-state index contributed by atoms with van der Waals surface area (Å²) in [5.41, 5.74) is 5.86. The maximum absolute atomic E-state index is 5.86. The lowest BCUT2D eigenvalue weighted by molar-refractivity contribution is 0.309. The molecule has 2 N–H and O–H groups in total. The van der Waals surface area contributed by atoms with Gasteiger partial charge in [-0.3, -0.25) is 4.99 Å². The number of hydrogen-bond donors (Lipinski definition) is 1. The van der Waals surface area contributed by atoms with Crippen molar-refractivity contribution in [2.75, 3.05) is 6.54 Å². The van der Waals surface area contributed by atoms with Crippen LogP contribution in [0, 0.1) is 0 Å². The summed E-state index contributed by atoms with van der Waals surface area (Å²) in [6.45, 7) is 3.17. The van der Waals surface area contributed by atoms with Gasteiger partial charge < -0.3 is 10.6 Å². The third-order valence-corrected chi connectivity index (χ3v) is 2.95. The molecule has 13 heavy (non-hydrogen) atoms. The lowest BCUT2D eigenvalue weighted by atomic mass is 10.1. The molecule has 1 aliphatic heterocycles. The molecule has 0 aromatic heterocycles. The van der Waals surface area contributed by atoms with E-state index in [-0.39, 0.29) is 0 Å². The van der Waals surface area contributed by atoms with Crippen LogP contribution in [0.3, 0.4) is 0 Å². The first-order valence-electron chi connectivity index (χ1n) is 5.41. The van der Waals surface area contributed by atoms with Crippen molar-refractivity contribution in [3.05, 3.63) is 0 Å². The fraction of sp³-hybridized carbons (Fsp3) is 0.900. The highest BCUT2D eigenvalue weighted by Gasteiger charge is 2.37. The lowest BCUT2D eigenvalue weighted by Gasteiger charge is -2.25. The number of hydrogen-bond acceptors (Lipinski definition) is 3. The van der Waals surface area contributed by atoms with Crippen LogP contribution in [-0.2, 0) is 0 Å². The van der Waals surface area contributed by atoms with E-state index < -0.39 is 0 Å². The summed E-state index contributed by atoms with van der Waals surface area (Å²) in [5, 5.41) is 0. The number of unbranched alkanes of at least 4 members (excludes halogenated alkanes) is 1. The largest absolute Gasteiger partial charge is 0.370 e. The molecule has 0 radical (unpaired) electrons. The molecule has 0 amide bonds. The Kier molecular flexibility index (Phi) is 2.42. The Balaban J connectivity index is 1.89. The van der Waals surface area contributed by atoms with Crippen molar-refractivity contribution in [2.45, 2.75) is 51.1 Å². The third-order valence-electron chi connectivity index (χ3n) is 2.95. The van der Waals surface area contributed by atoms with Crippen LogP contribution in [0.2, 0.25) is 0 Å². The van der Waals surface area contributed by atoms with Crippen LogP contribution in [0.4, 0.5) is 0 Å². The Labute approximate surface area is 80.0 Å². The van der Waals surface area contributed by atoms with E-state index in [1.54, 1.807) is 0 Å². The van der Waals surface area contributed by atoms with Gasteiger partial charge in [-0.15, -0.1) is 0 Å². The zero-order valence-corrected chi connectivity index (χ0v) is 8.37. The van der Waals surface area contributed by atoms with Gasteiger partial charge in [0, 0.05) is 6.04 Å². The third kappa shape index (κ3) is 1.79. The highest BCUT2D eigenvalue weighted by molar-refractivity contribution is 5.80. The van der Waals surface area contributed by atoms with Gasteiger partial charge in [-0.1, -0.05) is 19.8 Å². The first kappa shape index (κ1) is 8.85. The zero-order valence-electron chi connectivity index (χ0n) is 8.37. The molecule has 2 aliphatic rings. The van der Waals surface area contributed by atoms with E-state index in [4.69, 9.17) is 5.73 Å². The first-order valence-corrected chi connectivity index (χ1v) is 5.41. The first-order chi connectivity index (χ1) is 6.33. The standard InChI is InChI=1S/C10H19N3/c1-2-3-4-9-7-12-10(11)13(9)8-5-6-8/h8-9H,2-7H2,1H3,(H2,11,12). The summed E-state index contributed by atoms with van der Waals surface area (Å²) in [5.74, 6) is 0.795. The minimum atomic E-state index is 0.618. The summed E-state index contributed by atoms with van der Waals surface area (Å²) in [4.78, 5) is 6.69. The minimum Gasteiger partial charge on any atom is -0.370 e. The van der Waals surface area contributed by atoms with Crippen molar-refractivity contribution < 1.29 is 0 Å². The van der Waals surface area contributed by atoms with Crippen LogP contribution < -0.4 is 5.73 Å². The second-order valence-electron chi connectivity index (χ2n) is 4.13. The molecule has 1 heterocycles. The second-order valence-corrected chi connectivity index (χ2v) is 4.13. The summed E-state index contributed by atoms with van der Waals surface area (Å²) in [7, 11) is 0. The van der Waals surface area contributed by atoms with Crippen LogP contribution in [0.5, 0.6) is 0 Å². The molecule has 1 unspecified atom stereocenters. The SMILES string of the molecule is CCCCC1CN=C(N)N1C1CC1. The van der Waals surface area contributed by atoms with E-state index >= 15 is 0 Å². The second kappa shape index (κ2) is 3.56. The Hall–Kier alpha value is -0.730. The maximum atomic E-state index is 5.86. The molecule has 3 heteroatoms. The van der Waals surface area contributed by atoms with E-state index in [0.717, 1.165) is 18.5 Å². The molecule has 2 rings (SSSR count). The average molecular weight is 181 g/mol. The van der Waals surface area contributed by atoms with Gasteiger partial charge in [0.2, 0.25) is 0 Å². The number of nitrogens with two attached hydrogens (primary N) is 1. The van der Waals surface area contributed by atoms with Crippen molar-refractivity contribution in [3.63, 3.8) is 0 Å². The molecule has 1 atom stereocenters.